The molecule has 0 aliphatic carbocycles. The van der Waals surface area contributed by atoms with Gasteiger partial charge in [0.15, 0.2) is 0 Å². The molecule has 3 aromatic rings. The molecule has 7 nitrogen and oxygen atoms in total. The van der Waals surface area contributed by atoms with Crippen molar-refractivity contribution >= 4 is 34.3 Å². The Hall–Kier alpha value is -3.74. The Bertz CT molecular complexity index is 994. The number of hydrazone groups is 1. The lowest BCUT2D eigenvalue weighted by molar-refractivity contribution is -0.384. The number of anilines is 1. The van der Waals surface area contributed by atoms with Crippen molar-refractivity contribution in [1.29, 1.82) is 0 Å². The van der Waals surface area contributed by atoms with Crippen LogP contribution in [0.3, 0.4) is 0 Å². The highest BCUT2D eigenvalue weighted by molar-refractivity contribution is 5.96. The van der Waals surface area contributed by atoms with Crippen LogP contribution in [0.1, 0.15) is 12.5 Å². The first-order valence-corrected chi connectivity index (χ1v) is 8.36. The Morgan fingerprint density at radius 3 is 2.52 bits per heavy atom. The average Bonchev–Trinajstić information content (AvgIpc) is 2.68. The molecule has 0 unspecified atom stereocenters. The minimum atomic E-state index is -0.496. The van der Waals surface area contributed by atoms with Crippen molar-refractivity contribution in [3.05, 3.63) is 82.4 Å². The van der Waals surface area contributed by atoms with Gasteiger partial charge in [0.05, 0.1) is 11.1 Å². The third-order valence-corrected chi connectivity index (χ3v) is 4.05. The number of nitro groups is 1. The van der Waals surface area contributed by atoms with E-state index in [2.05, 4.69) is 15.8 Å². The van der Waals surface area contributed by atoms with E-state index in [0.717, 1.165) is 16.5 Å². The van der Waals surface area contributed by atoms with Crippen LogP contribution < -0.4 is 10.7 Å². The fraction of sp³-hybridized carbons (Fsp3) is 0.100. The van der Waals surface area contributed by atoms with Crippen molar-refractivity contribution < 1.29 is 9.72 Å². The molecule has 0 spiro atoms. The third kappa shape index (κ3) is 4.46. The Kier molecular flexibility index (Phi) is 5.41. The largest absolute Gasteiger partial charge is 0.373 e. The van der Waals surface area contributed by atoms with Crippen molar-refractivity contribution in [2.45, 2.75) is 13.0 Å². The third-order valence-electron chi connectivity index (χ3n) is 4.05. The van der Waals surface area contributed by atoms with Crippen LogP contribution in [0.15, 0.2) is 71.8 Å². The van der Waals surface area contributed by atoms with Crippen LogP contribution in [0.4, 0.5) is 11.4 Å². The molecule has 1 amide bonds. The summed E-state index contributed by atoms with van der Waals surface area (Å²) in [6.45, 7) is 1.75. The Morgan fingerprint density at radius 1 is 1.07 bits per heavy atom. The van der Waals surface area contributed by atoms with Gasteiger partial charge in [-0.1, -0.05) is 36.4 Å². The van der Waals surface area contributed by atoms with Crippen LogP contribution in [0, 0.1) is 10.1 Å². The van der Waals surface area contributed by atoms with Crippen LogP contribution >= 0.6 is 0 Å². The molecule has 7 heteroatoms. The van der Waals surface area contributed by atoms with Gasteiger partial charge in [0.25, 0.3) is 11.6 Å². The molecule has 0 fully saturated rings. The van der Waals surface area contributed by atoms with Gasteiger partial charge in [-0.2, -0.15) is 5.10 Å². The van der Waals surface area contributed by atoms with E-state index in [1.807, 2.05) is 42.5 Å². The van der Waals surface area contributed by atoms with Gasteiger partial charge in [-0.05, 0) is 36.1 Å². The zero-order chi connectivity index (χ0) is 19.2. The number of nitro benzene ring substituents is 1. The summed E-state index contributed by atoms with van der Waals surface area (Å²) in [6, 6.07) is 19.2. The minimum absolute atomic E-state index is 0.00379. The SMILES string of the molecule is C[C@H](Nc1cccc2ccccc12)C(=O)N/N=C\c1ccc([N+](=O)[O-])cc1. The van der Waals surface area contributed by atoms with E-state index in [1.165, 1.54) is 18.3 Å². The van der Waals surface area contributed by atoms with Crippen molar-refractivity contribution in [3.8, 4) is 0 Å². The molecule has 27 heavy (non-hydrogen) atoms. The number of nitrogens with zero attached hydrogens (tertiary/aromatic N) is 2. The molecule has 0 aliphatic rings. The first kappa shape index (κ1) is 18.1. The first-order valence-electron chi connectivity index (χ1n) is 8.36. The number of hydrogen-bond acceptors (Lipinski definition) is 5. The number of nitrogens with one attached hydrogen (secondary N) is 2. The van der Waals surface area contributed by atoms with Gasteiger partial charge in [0.1, 0.15) is 6.04 Å². The van der Waals surface area contributed by atoms with Gasteiger partial charge < -0.3 is 5.32 Å². The van der Waals surface area contributed by atoms with Crippen LogP contribution in [-0.4, -0.2) is 23.1 Å². The molecule has 0 aromatic heterocycles. The molecule has 136 valence electrons. The summed E-state index contributed by atoms with van der Waals surface area (Å²) in [5, 5.41) is 19.9. The van der Waals surface area contributed by atoms with Gasteiger partial charge >= 0.3 is 0 Å². The molecule has 0 saturated heterocycles. The molecule has 3 rings (SSSR count). The summed E-state index contributed by atoms with van der Waals surface area (Å²) in [6.07, 6.45) is 1.44. The molecule has 0 saturated carbocycles. The summed E-state index contributed by atoms with van der Waals surface area (Å²) in [7, 11) is 0. The second-order valence-electron chi connectivity index (χ2n) is 5.98. The highest BCUT2D eigenvalue weighted by Crippen LogP contribution is 2.23. The smallest absolute Gasteiger partial charge is 0.269 e. The van der Waals surface area contributed by atoms with Crippen LogP contribution in [0.2, 0.25) is 0 Å². The van der Waals surface area contributed by atoms with E-state index in [0.29, 0.717) is 5.56 Å². The maximum absolute atomic E-state index is 12.2. The fourth-order valence-corrected chi connectivity index (χ4v) is 2.60. The molecular formula is C20H18N4O3. The quantitative estimate of drug-likeness (QED) is 0.397. The van der Waals surface area contributed by atoms with Crippen LogP contribution in [0.25, 0.3) is 10.8 Å². The summed E-state index contributed by atoms with van der Waals surface area (Å²) in [5.74, 6) is -0.291. The number of benzene rings is 3. The van der Waals surface area contributed by atoms with Gasteiger partial charge in [-0.15, -0.1) is 0 Å². The van der Waals surface area contributed by atoms with E-state index >= 15 is 0 Å². The number of non-ortho nitro benzene ring substituents is 1. The van der Waals surface area contributed by atoms with Crippen molar-refractivity contribution in [2.75, 3.05) is 5.32 Å². The highest BCUT2D eigenvalue weighted by atomic mass is 16.6. The van der Waals surface area contributed by atoms with Gasteiger partial charge in [-0.3, -0.25) is 14.9 Å². The van der Waals surface area contributed by atoms with Crippen molar-refractivity contribution in [2.24, 2.45) is 5.10 Å². The summed E-state index contributed by atoms with van der Waals surface area (Å²) in [4.78, 5) is 22.4. The summed E-state index contributed by atoms with van der Waals surface area (Å²) < 4.78 is 0. The maximum atomic E-state index is 12.2. The zero-order valence-corrected chi connectivity index (χ0v) is 14.6. The molecule has 1 atom stereocenters. The van der Waals surface area contributed by atoms with E-state index in [4.69, 9.17) is 0 Å². The van der Waals surface area contributed by atoms with Crippen LogP contribution in [-0.2, 0) is 4.79 Å². The van der Waals surface area contributed by atoms with E-state index in [9.17, 15) is 14.9 Å². The molecule has 0 bridgehead atoms. The van der Waals surface area contributed by atoms with Gasteiger partial charge in [0.2, 0.25) is 0 Å². The summed E-state index contributed by atoms with van der Waals surface area (Å²) >= 11 is 0. The monoisotopic (exact) mass is 362 g/mol. The molecule has 2 N–H and O–H groups in total. The fourth-order valence-electron chi connectivity index (χ4n) is 2.60. The maximum Gasteiger partial charge on any atom is 0.269 e. The summed E-state index contributed by atoms with van der Waals surface area (Å²) in [5.41, 5.74) is 3.99. The Morgan fingerprint density at radius 2 is 1.78 bits per heavy atom. The molecule has 0 aliphatic heterocycles. The topological polar surface area (TPSA) is 96.6 Å². The Labute approximate surface area is 155 Å². The standard InChI is InChI=1S/C20H18N4O3/c1-14(22-19-8-4-6-16-5-2-3-7-18(16)19)20(25)23-21-13-15-9-11-17(12-10-15)24(26)27/h2-14,22H,1H3,(H,23,25)/b21-13-/t14-/m0/s1. The lowest BCUT2D eigenvalue weighted by Gasteiger charge is -2.15. The van der Waals surface area contributed by atoms with E-state index < -0.39 is 11.0 Å². The van der Waals surface area contributed by atoms with Gasteiger partial charge in [-0.25, -0.2) is 5.43 Å². The predicted octanol–water partition coefficient (Wildman–Crippen LogP) is 3.70. The van der Waals surface area contributed by atoms with Crippen molar-refractivity contribution in [3.63, 3.8) is 0 Å². The number of carbonyl (C=O) groups excluding carboxylic acids is 1. The number of fused-ring (bicyclic) bond motifs is 1. The first-order chi connectivity index (χ1) is 13.0. The van der Waals surface area contributed by atoms with E-state index in [-0.39, 0.29) is 11.6 Å². The number of hydrogen-bond donors (Lipinski definition) is 2. The highest BCUT2D eigenvalue weighted by Gasteiger charge is 2.13. The molecule has 0 heterocycles. The average molecular weight is 362 g/mol. The second kappa shape index (κ2) is 8.09. The number of rotatable bonds is 6. The molecule has 0 radical (unpaired) electrons. The Balaban J connectivity index is 1.61. The lowest BCUT2D eigenvalue weighted by atomic mass is 10.1. The normalized spacial score (nSPS) is 12.0. The minimum Gasteiger partial charge on any atom is -0.373 e. The second-order valence-corrected chi connectivity index (χ2v) is 5.98. The number of carbonyl (C=O) groups is 1. The van der Waals surface area contributed by atoms with Crippen molar-refractivity contribution in [1.82, 2.24) is 5.43 Å². The molecule has 3 aromatic carbocycles. The molecular weight excluding hydrogens is 344 g/mol. The van der Waals surface area contributed by atoms with Gasteiger partial charge in [0, 0.05) is 23.2 Å². The zero-order valence-electron chi connectivity index (χ0n) is 14.6. The predicted molar refractivity (Wildman–Crippen MR) is 106 cm³/mol. The van der Waals surface area contributed by atoms with Crippen LogP contribution in [0.5, 0.6) is 0 Å². The lowest BCUT2D eigenvalue weighted by Crippen LogP contribution is -2.34. The van der Waals surface area contributed by atoms with E-state index in [1.54, 1.807) is 19.1 Å². The number of amides is 1.